The highest BCUT2D eigenvalue weighted by Crippen LogP contribution is 2.42. The van der Waals surface area contributed by atoms with Crippen LogP contribution in [0.15, 0.2) is 48.7 Å². The van der Waals surface area contributed by atoms with E-state index >= 15 is 0 Å². The van der Waals surface area contributed by atoms with Gasteiger partial charge < -0.3 is 11.1 Å². The van der Waals surface area contributed by atoms with Crippen LogP contribution in [0.2, 0.25) is 0 Å². The van der Waals surface area contributed by atoms with E-state index in [1.54, 1.807) is 31.3 Å². The summed E-state index contributed by atoms with van der Waals surface area (Å²) < 4.78 is 39.9. The molecule has 164 valence electrons. The van der Waals surface area contributed by atoms with Crippen molar-refractivity contribution in [2.75, 3.05) is 31.9 Å². The van der Waals surface area contributed by atoms with E-state index in [-0.39, 0.29) is 11.6 Å². The first-order chi connectivity index (χ1) is 14.3. The van der Waals surface area contributed by atoms with E-state index in [1.165, 1.54) is 12.1 Å². The summed E-state index contributed by atoms with van der Waals surface area (Å²) in [5.41, 5.74) is 8.06. The Balaban J connectivity index is 2.21. The standard InChI is InChI=1S/C22H31FN4O2S/c1-3-16-30(28,29)22(2,21(24)27-14-12-25-13-15-27)20(19-6-4-5-11-26-19)17-7-9-18(23)10-8-17/h4-11,20-21,25H,3,12-16,24H2,1-2H3. The Morgan fingerprint density at radius 2 is 1.87 bits per heavy atom. The summed E-state index contributed by atoms with van der Waals surface area (Å²) in [6.45, 7) is 6.41. The first kappa shape index (κ1) is 22.8. The van der Waals surface area contributed by atoms with Crippen LogP contribution in [-0.2, 0) is 9.84 Å². The van der Waals surface area contributed by atoms with Crippen molar-refractivity contribution >= 4 is 9.84 Å². The minimum absolute atomic E-state index is 0.0216. The van der Waals surface area contributed by atoms with Gasteiger partial charge in [-0.15, -0.1) is 0 Å². The number of halogens is 1. The number of nitrogens with zero attached hydrogens (tertiary/aromatic N) is 2. The van der Waals surface area contributed by atoms with E-state index in [0.717, 1.165) is 13.1 Å². The van der Waals surface area contributed by atoms with Gasteiger partial charge in [-0.25, -0.2) is 12.8 Å². The third kappa shape index (κ3) is 4.42. The molecule has 2 aromatic rings. The molecular formula is C22H31FN4O2S. The number of hydrogen-bond acceptors (Lipinski definition) is 6. The molecule has 3 N–H and O–H groups in total. The lowest BCUT2D eigenvalue weighted by molar-refractivity contribution is 0.137. The lowest BCUT2D eigenvalue weighted by atomic mass is 9.81. The van der Waals surface area contributed by atoms with E-state index in [4.69, 9.17) is 5.73 Å². The lowest BCUT2D eigenvalue weighted by Gasteiger charge is -2.47. The van der Waals surface area contributed by atoms with Crippen molar-refractivity contribution in [3.8, 4) is 0 Å². The summed E-state index contributed by atoms with van der Waals surface area (Å²) in [6.07, 6.45) is 1.40. The quantitative estimate of drug-likeness (QED) is 0.662. The maximum absolute atomic E-state index is 13.8. The van der Waals surface area contributed by atoms with Crippen LogP contribution in [0, 0.1) is 5.82 Å². The van der Waals surface area contributed by atoms with Crippen molar-refractivity contribution in [2.45, 2.75) is 37.1 Å². The predicted octanol–water partition coefficient (Wildman–Crippen LogP) is 2.13. The molecule has 30 heavy (non-hydrogen) atoms. The van der Waals surface area contributed by atoms with Crippen molar-refractivity contribution in [1.29, 1.82) is 0 Å². The molecule has 6 nitrogen and oxygen atoms in total. The molecule has 1 aromatic heterocycles. The third-order valence-corrected chi connectivity index (χ3v) is 8.80. The van der Waals surface area contributed by atoms with Crippen molar-refractivity contribution in [1.82, 2.24) is 15.2 Å². The molecule has 0 radical (unpaired) electrons. The number of benzene rings is 1. The molecule has 3 unspecified atom stereocenters. The van der Waals surface area contributed by atoms with Gasteiger partial charge >= 0.3 is 0 Å². The van der Waals surface area contributed by atoms with Crippen LogP contribution in [0.25, 0.3) is 0 Å². The molecule has 8 heteroatoms. The Morgan fingerprint density at radius 3 is 2.43 bits per heavy atom. The number of hydrogen-bond donors (Lipinski definition) is 2. The normalized spacial score (nSPS) is 19.7. The maximum atomic E-state index is 13.8. The van der Waals surface area contributed by atoms with Crippen molar-refractivity contribution in [3.05, 3.63) is 65.7 Å². The molecule has 0 spiro atoms. The van der Waals surface area contributed by atoms with Gasteiger partial charge in [-0.05, 0) is 43.2 Å². The number of nitrogens with one attached hydrogen (secondary N) is 1. The summed E-state index contributed by atoms with van der Waals surface area (Å²) in [4.78, 5) is 6.53. The summed E-state index contributed by atoms with van der Waals surface area (Å²) in [6, 6.07) is 11.4. The summed E-state index contributed by atoms with van der Waals surface area (Å²) in [5.74, 6) is -0.989. The summed E-state index contributed by atoms with van der Waals surface area (Å²) in [5, 5.41) is 3.28. The van der Waals surface area contributed by atoms with Crippen LogP contribution >= 0.6 is 0 Å². The minimum atomic E-state index is -3.65. The van der Waals surface area contributed by atoms with Gasteiger partial charge in [0, 0.05) is 44.0 Å². The Kier molecular flexibility index (Phi) is 7.23. The molecular weight excluding hydrogens is 403 g/mol. The van der Waals surface area contributed by atoms with Crippen LogP contribution in [0.5, 0.6) is 0 Å². The molecule has 1 aromatic carbocycles. The van der Waals surface area contributed by atoms with Crippen LogP contribution in [0.4, 0.5) is 4.39 Å². The number of sulfone groups is 1. The molecule has 0 bridgehead atoms. The van der Waals surface area contributed by atoms with E-state index < -0.39 is 26.7 Å². The number of pyridine rings is 1. The fraction of sp³-hybridized carbons (Fsp3) is 0.500. The monoisotopic (exact) mass is 434 g/mol. The first-order valence-corrected chi connectivity index (χ1v) is 12.1. The van der Waals surface area contributed by atoms with Crippen LogP contribution < -0.4 is 11.1 Å². The predicted molar refractivity (Wildman–Crippen MR) is 117 cm³/mol. The van der Waals surface area contributed by atoms with Crippen molar-refractivity contribution < 1.29 is 12.8 Å². The smallest absolute Gasteiger partial charge is 0.159 e. The minimum Gasteiger partial charge on any atom is -0.314 e. The second-order valence-electron chi connectivity index (χ2n) is 7.97. The fourth-order valence-electron chi connectivity index (χ4n) is 4.34. The maximum Gasteiger partial charge on any atom is 0.159 e. The highest BCUT2D eigenvalue weighted by molar-refractivity contribution is 7.92. The van der Waals surface area contributed by atoms with Crippen molar-refractivity contribution in [3.63, 3.8) is 0 Å². The largest absolute Gasteiger partial charge is 0.314 e. The number of rotatable bonds is 8. The lowest BCUT2D eigenvalue weighted by Crippen LogP contribution is -2.66. The molecule has 0 amide bonds. The summed E-state index contributed by atoms with van der Waals surface area (Å²) >= 11 is 0. The topological polar surface area (TPSA) is 88.3 Å². The molecule has 1 aliphatic heterocycles. The molecule has 0 saturated carbocycles. The second-order valence-corrected chi connectivity index (χ2v) is 10.5. The van der Waals surface area contributed by atoms with Crippen LogP contribution in [0.3, 0.4) is 0 Å². The van der Waals surface area contributed by atoms with Gasteiger partial charge in [-0.2, -0.15) is 0 Å². The van der Waals surface area contributed by atoms with E-state index in [2.05, 4.69) is 10.3 Å². The highest BCUT2D eigenvalue weighted by atomic mass is 32.2. The Morgan fingerprint density at radius 1 is 1.20 bits per heavy atom. The molecule has 0 aliphatic carbocycles. The molecule has 1 fully saturated rings. The average molecular weight is 435 g/mol. The van der Waals surface area contributed by atoms with E-state index in [1.807, 2.05) is 24.0 Å². The van der Waals surface area contributed by atoms with Gasteiger partial charge in [0.15, 0.2) is 9.84 Å². The van der Waals surface area contributed by atoms with Gasteiger partial charge in [0.1, 0.15) is 10.6 Å². The number of aromatic nitrogens is 1. The molecule has 3 rings (SSSR count). The average Bonchev–Trinajstić information content (AvgIpc) is 2.76. The number of piperazine rings is 1. The van der Waals surface area contributed by atoms with Gasteiger partial charge in [-0.3, -0.25) is 9.88 Å². The molecule has 1 saturated heterocycles. The van der Waals surface area contributed by atoms with Crippen LogP contribution in [0.1, 0.15) is 37.4 Å². The molecule has 3 atom stereocenters. The Labute approximate surface area is 178 Å². The van der Waals surface area contributed by atoms with Crippen LogP contribution in [-0.4, -0.2) is 61.1 Å². The zero-order valence-corrected chi connectivity index (χ0v) is 18.4. The first-order valence-electron chi connectivity index (χ1n) is 10.4. The van der Waals surface area contributed by atoms with Crippen molar-refractivity contribution in [2.24, 2.45) is 5.73 Å². The van der Waals surface area contributed by atoms with Gasteiger partial charge in [-0.1, -0.05) is 25.1 Å². The van der Waals surface area contributed by atoms with Gasteiger partial charge in [0.2, 0.25) is 0 Å². The Hall–Kier alpha value is -1.87. The zero-order valence-electron chi connectivity index (χ0n) is 17.6. The number of nitrogens with two attached hydrogens (primary N) is 1. The van der Waals surface area contributed by atoms with E-state index in [9.17, 15) is 12.8 Å². The molecule has 2 heterocycles. The van der Waals surface area contributed by atoms with Gasteiger partial charge in [0.05, 0.1) is 11.9 Å². The third-order valence-electron chi connectivity index (χ3n) is 6.04. The highest BCUT2D eigenvalue weighted by Gasteiger charge is 2.53. The fourth-order valence-corrected chi connectivity index (χ4v) is 6.45. The SMILES string of the molecule is CCCS(=O)(=O)C(C)(C(c1ccc(F)cc1)c1ccccn1)C(N)N1CCNCC1. The second kappa shape index (κ2) is 9.51. The van der Waals surface area contributed by atoms with E-state index in [0.29, 0.717) is 30.8 Å². The molecule has 1 aliphatic rings. The zero-order chi connectivity index (χ0) is 21.8. The Bertz CT molecular complexity index is 918. The summed E-state index contributed by atoms with van der Waals surface area (Å²) in [7, 11) is -3.65. The van der Waals surface area contributed by atoms with Gasteiger partial charge in [0.25, 0.3) is 0 Å².